The third kappa shape index (κ3) is 3.02. The third-order valence-electron chi connectivity index (χ3n) is 3.36. The van der Waals surface area contributed by atoms with Crippen molar-refractivity contribution in [2.45, 2.75) is 40.0 Å². The predicted molar refractivity (Wildman–Crippen MR) is 81.5 cm³/mol. The van der Waals surface area contributed by atoms with Crippen LogP contribution in [0.2, 0.25) is 0 Å². The van der Waals surface area contributed by atoms with Crippen molar-refractivity contribution in [1.29, 1.82) is 0 Å². The average Bonchev–Trinajstić information content (AvgIpc) is 2.47. The lowest BCUT2D eigenvalue weighted by Gasteiger charge is -2.13. The van der Waals surface area contributed by atoms with Crippen molar-refractivity contribution in [2.75, 3.05) is 6.54 Å². The summed E-state index contributed by atoms with van der Waals surface area (Å²) in [4.78, 5) is 13.9. The van der Waals surface area contributed by atoms with E-state index < -0.39 is 0 Å². The second-order valence-electron chi connectivity index (χ2n) is 4.83. The Morgan fingerprint density at radius 1 is 1.00 bits per heavy atom. The Bertz CT molecular complexity index is 568. The van der Waals surface area contributed by atoms with Crippen LogP contribution in [0.4, 0.5) is 0 Å². The maximum absolute atomic E-state index is 5.71. The molecule has 0 aliphatic carbocycles. The van der Waals surface area contributed by atoms with Gasteiger partial charge in [-0.05, 0) is 50.4 Å². The van der Waals surface area contributed by atoms with Gasteiger partial charge in [-0.25, -0.2) is 15.0 Å². The molecular formula is C16H22N4. The van der Waals surface area contributed by atoms with Gasteiger partial charge >= 0.3 is 0 Å². The normalized spacial score (nSPS) is 10.8. The molecule has 2 aromatic rings. The monoisotopic (exact) mass is 270 g/mol. The Kier molecular flexibility index (Phi) is 4.79. The van der Waals surface area contributed by atoms with Crippen molar-refractivity contribution in [2.24, 2.45) is 5.73 Å². The Morgan fingerprint density at radius 2 is 1.65 bits per heavy atom. The molecule has 0 atom stereocenters. The quantitative estimate of drug-likeness (QED) is 0.906. The molecule has 0 saturated heterocycles. The van der Waals surface area contributed by atoms with Gasteiger partial charge in [-0.2, -0.15) is 0 Å². The fourth-order valence-corrected chi connectivity index (χ4v) is 2.38. The molecule has 20 heavy (non-hydrogen) atoms. The molecule has 0 spiro atoms. The van der Waals surface area contributed by atoms with Crippen LogP contribution in [0.25, 0.3) is 11.5 Å². The van der Waals surface area contributed by atoms with E-state index >= 15 is 0 Å². The molecule has 0 aromatic carbocycles. The summed E-state index contributed by atoms with van der Waals surface area (Å²) in [7, 11) is 0. The lowest BCUT2D eigenvalue weighted by Crippen LogP contribution is -2.12. The summed E-state index contributed by atoms with van der Waals surface area (Å²) in [6, 6.07) is 5.93. The summed E-state index contributed by atoms with van der Waals surface area (Å²) in [6.45, 7) is 6.85. The Morgan fingerprint density at radius 3 is 2.15 bits per heavy atom. The lowest BCUT2D eigenvalue weighted by molar-refractivity contribution is 0.842. The average molecular weight is 270 g/mol. The van der Waals surface area contributed by atoms with E-state index in [0.717, 1.165) is 47.9 Å². The highest BCUT2D eigenvalue weighted by molar-refractivity contribution is 5.51. The zero-order valence-electron chi connectivity index (χ0n) is 12.5. The van der Waals surface area contributed by atoms with Gasteiger partial charge in [0.15, 0.2) is 5.82 Å². The van der Waals surface area contributed by atoms with Crippen LogP contribution in [0.15, 0.2) is 18.2 Å². The van der Waals surface area contributed by atoms with E-state index in [1.54, 1.807) is 0 Å². The molecule has 2 rings (SSSR count). The van der Waals surface area contributed by atoms with Gasteiger partial charge in [-0.3, -0.25) is 0 Å². The summed E-state index contributed by atoms with van der Waals surface area (Å²) in [6.07, 6.45) is 2.63. The molecule has 2 N–H and O–H groups in total. The number of hydrogen-bond donors (Lipinski definition) is 1. The largest absolute Gasteiger partial charge is 0.330 e. The number of rotatable bonds is 5. The first-order valence-electron chi connectivity index (χ1n) is 7.22. The minimum Gasteiger partial charge on any atom is -0.330 e. The van der Waals surface area contributed by atoms with Crippen LogP contribution in [0.1, 0.15) is 36.5 Å². The van der Waals surface area contributed by atoms with Crippen LogP contribution in [0.3, 0.4) is 0 Å². The molecular weight excluding hydrogens is 248 g/mol. The molecule has 0 aliphatic heterocycles. The van der Waals surface area contributed by atoms with Crippen molar-refractivity contribution < 1.29 is 0 Å². The SMILES string of the molecule is CCc1nc(-c2cccc(C)n2)nc(CC)c1CCN. The molecule has 2 aromatic heterocycles. The number of aromatic nitrogens is 3. The standard InChI is InChI=1S/C16H22N4/c1-4-13-12(9-10-17)14(5-2)20-16(19-13)15-8-6-7-11(3)18-15/h6-8H,4-5,9-10,17H2,1-3H3. The van der Waals surface area contributed by atoms with Crippen LogP contribution in [0.5, 0.6) is 0 Å². The first-order chi connectivity index (χ1) is 9.69. The zero-order valence-corrected chi connectivity index (χ0v) is 12.5. The van der Waals surface area contributed by atoms with Gasteiger partial charge in [0.25, 0.3) is 0 Å². The maximum Gasteiger partial charge on any atom is 0.178 e. The van der Waals surface area contributed by atoms with Crippen molar-refractivity contribution in [1.82, 2.24) is 15.0 Å². The van der Waals surface area contributed by atoms with Gasteiger partial charge in [-0.1, -0.05) is 19.9 Å². The van der Waals surface area contributed by atoms with Gasteiger partial charge < -0.3 is 5.73 Å². The van der Waals surface area contributed by atoms with Crippen LogP contribution in [-0.4, -0.2) is 21.5 Å². The molecule has 0 radical (unpaired) electrons. The van der Waals surface area contributed by atoms with Gasteiger partial charge in [0.05, 0.1) is 0 Å². The number of pyridine rings is 1. The molecule has 4 nitrogen and oxygen atoms in total. The predicted octanol–water partition coefficient (Wildman–Crippen LogP) is 2.47. The minimum absolute atomic E-state index is 0.630. The number of aryl methyl sites for hydroxylation is 3. The molecule has 4 heteroatoms. The number of nitrogens with zero attached hydrogens (tertiary/aromatic N) is 3. The Labute approximate surface area is 120 Å². The van der Waals surface area contributed by atoms with E-state index in [-0.39, 0.29) is 0 Å². The highest BCUT2D eigenvalue weighted by atomic mass is 14.9. The van der Waals surface area contributed by atoms with Crippen LogP contribution in [0, 0.1) is 6.92 Å². The van der Waals surface area contributed by atoms with E-state index in [9.17, 15) is 0 Å². The third-order valence-corrected chi connectivity index (χ3v) is 3.36. The highest BCUT2D eigenvalue weighted by Gasteiger charge is 2.13. The van der Waals surface area contributed by atoms with Gasteiger partial charge in [-0.15, -0.1) is 0 Å². The Balaban J connectivity index is 2.55. The van der Waals surface area contributed by atoms with Crippen molar-refractivity contribution >= 4 is 0 Å². The summed E-state index contributed by atoms with van der Waals surface area (Å²) in [5.41, 5.74) is 10.9. The zero-order chi connectivity index (χ0) is 14.5. The fourth-order valence-electron chi connectivity index (χ4n) is 2.38. The molecule has 0 amide bonds. The van der Waals surface area contributed by atoms with Crippen molar-refractivity contribution in [3.63, 3.8) is 0 Å². The summed E-state index contributed by atoms with van der Waals surface area (Å²) in [5.74, 6) is 0.725. The molecule has 0 unspecified atom stereocenters. The molecule has 0 bridgehead atoms. The Hall–Kier alpha value is -1.81. The van der Waals surface area contributed by atoms with Crippen LogP contribution >= 0.6 is 0 Å². The first-order valence-corrected chi connectivity index (χ1v) is 7.22. The van der Waals surface area contributed by atoms with Gasteiger partial charge in [0, 0.05) is 17.1 Å². The summed E-state index contributed by atoms with van der Waals surface area (Å²) < 4.78 is 0. The van der Waals surface area contributed by atoms with E-state index in [1.165, 1.54) is 5.56 Å². The van der Waals surface area contributed by atoms with E-state index in [0.29, 0.717) is 6.54 Å². The van der Waals surface area contributed by atoms with Crippen LogP contribution < -0.4 is 5.73 Å². The highest BCUT2D eigenvalue weighted by Crippen LogP contribution is 2.19. The minimum atomic E-state index is 0.630. The van der Waals surface area contributed by atoms with Crippen LogP contribution in [-0.2, 0) is 19.3 Å². The number of nitrogens with two attached hydrogens (primary N) is 1. The van der Waals surface area contributed by atoms with E-state index in [2.05, 4.69) is 18.8 Å². The van der Waals surface area contributed by atoms with Crippen molar-refractivity contribution in [3.8, 4) is 11.5 Å². The molecule has 0 aliphatic rings. The smallest absolute Gasteiger partial charge is 0.178 e. The topological polar surface area (TPSA) is 64.7 Å². The second kappa shape index (κ2) is 6.57. The molecule has 2 heterocycles. The maximum atomic E-state index is 5.71. The van der Waals surface area contributed by atoms with Gasteiger partial charge in [0.1, 0.15) is 5.69 Å². The van der Waals surface area contributed by atoms with E-state index in [1.807, 2.05) is 25.1 Å². The fraction of sp³-hybridized carbons (Fsp3) is 0.438. The first kappa shape index (κ1) is 14.6. The molecule has 0 fully saturated rings. The van der Waals surface area contributed by atoms with Crippen molar-refractivity contribution in [3.05, 3.63) is 40.8 Å². The van der Waals surface area contributed by atoms with E-state index in [4.69, 9.17) is 15.7 Å². The van der Waals surface area contributed by atoms with Gasteiger partial charge in [0.2, 0.25) is 0 Å². The molecule has 0 saturated carbocycles. The molecule has 106 valence electrons. The summed E-state index contributed by atoms with van der Waals surface area (Å²) in [5, 5.41) is 0. The number of hydrogen-bond acceptors (Lipinski definition) is 4. The summed E-state index contributed by atoms with van der Waals surface area (Å²) >= 11 is 0. The lowest BCUT2D eigenvalue weighted by atomic mass is 10.0. The second-order valence-corrected chi connectivity index (χ2v) is 4.83.